The summed E-state index contributed by atoms with van der Waals surface area (Å²) in [6, 6.07) is 24.1. The smallest absolute Gasteiger partial charge is 0.118 e. The minimum Gasteiger partial charge on any atom is -0.497 e. The summed E-state index contributed by atoms with van der Waals surface area (Å²) in [4.78, 5) is 0. The maximum Gasteiger partial charge on any atom is 0.118 e. The van der Waals surface area contributed by atoms with Gasteiger partial charge in [-0.3, -0.25) is 0 Å². The number of rotatable bonds is 3. The van der Waals surface area contributed by atoms with Gasteiger partial charge in [-0.25, -0.2) is 0 Å². The van der Waals surface area contributed by atoms with Crippen molar-refractivity contribution in [3.63, 3.8) is 0 Å². The molecule has 3 aromatic carbocycles. The van der Waals surface area contributed by atoms with Gasteiger partial charge in [-0.1, -0.05) is 48.5 Å². The lowest BCUT2D eigenvalue weighted by Crippen LogP contribution is -1.90. The standard InChI is InChI=1S/C18H15O/c1-19-17-11-9-14(10-12-17)13-16-7-4-6-15-5-2-3-8-18(15)16/h2-7,9-12H,13H2,1H3. The van der Waals surface area contributed by atoms with Gasteiger partial charge in [0, 0.05) is 0 Å². The van der Waals surface area contributed by atoms with Crippen LogP contribution in [-0.2, 0) is 6.42 Å². The second kappa shape index (κ2) is 5.15. The highest BCUT2D eigenvalue weighted by Crippen LogP contribution is 2.21. The number of fused-ring (bicyclic) bond motifs is 1. The first-order chi connectivity index (χ1) is 9.36. The van der Waals surface area contributed by atoms with Gasteiger partial charge in [0.15, 0.2) is 0 Å². The summed E-state index contributed by atoms with van der Waals surface area (Å²) in [6.07, 6.45) is 0.918. The van der Waals surface area contributed by atoms with Crippen LogP contribution in [-0.4, -0.2) is 7.11 Å². The number of hydrogen-bond acceptors (Lipinski definition) is 1. The highest BCUT2D eigenvalue weighted by molar-refractivity contribution is 5.85. The molecule has 1 radical (unpaired) electrons. The van der Waals surface area contributed by atoms with Gasteiger partial charge >= 0.3 is 0 Å². The third-order valence-corrected chi connectivity index (χ3v) is 3.34. The van der Waals surface area contributed by atoms with Crippen LogP contribution in [0.2, 0.25) is 0 Å². The Kier molecular flexibility index (Phi) is 3.20. The molecule has 0 aromatic heterocycles. The molecule has 3 aromatic rings. The average Bonchev–Trinajstić information content (AvgIpc) is 2.48. The van der Waals surface area contributed by atoms with Crippen molar-refractivity contribution >= 4 is 10.8 Å². The maximum atomic E-state index is 5.18. The van der Waals surface area contributed by atoms with Crippen LogP contribution in [0.1, 0.15) is 11.1 Å². The van der Waals surface area contributed by atoms with E-state index in [1.165, 1.54) is 21.9 Å². The molecule has 1 heteroatoms. The minimum atomic E-state index is 0.897. The number of methoxy groups -OCH3 is 1. The SMILES string of the molecule is COc1ccc(Cc2cccc3ccc[c]c23)cc1. The molecule has 0 bridgehead atoms. The van der Waals surface area contributed by atoms with Gasteiger partial charge in [-0.05, 0) is 46.5 Å². The number of hydrogen-bond donors (Lipinski definition) is 0. The van der Waals surface area contributed by atoms with Crippen molar-refractivity contribution in [2.24, 2.45) is 0 Å². The summed E-state index contributed by atoms with van der Waals surface area (Å²) in [5, 5.41) is 2.45. The third kappa shape index (κ3) is 2.45. The summed E-state index contributed by atoms with van der Waals surface area (Å²) >= 11 is 0. The Hall–Kier alpha value is -2.28. The largest absolute Gasteiger partial charge is 0.497 e. The summed E-state index contributed by atoms with van der Waals surface area (Å²) in [7, 11) is 1.69. The lowest BCUT2D eigenvalue weighted by molar-refractivity contribution is 0.414. The van der Waals surface area contributed by atoms with Crippen molar-refractivity contribution in [2.45, 2.75) is 6.42 Å². The molecule has 0 aliphatic rings. The Bertz CT molecular complexity index is 678. The van der Waals surface area contributed by atoms with Crippen LogP contribution in [0.25, 0.3) is 10.8 Å². The Labute approximate surface area is 113 Å². The third-order valence-electron chi connectivity index (χ3n) is 3.34. The van der Waals surface area contributed by atoms with Crippen molar-refractivity contribution in [2.75, 3.05) is 7.11 Å². The molecule has 0 saturated heterocycles. The van der Waals surface area contributed by atoms with Crippen molar-refractivity contribution in [3.05, 3.63) is 77.9 Å². The molecular weight excluding hydrogens is 232 g/mol. The number of ether oxygens (including phenoxy) is 1. The van der Waals surface area contributed by atoms with E-state index in [1.807, 2.05) is 24.3 Å². The zero-order chi connectivity index (χ0) is 13.1. The Morgan fingerprint density at radius 2 is 1.74 bits per heavy atom. The first kappa shape index (κ1) is 11.8. The number of benzene rings is 3. The van der Waals surface area contributed by atoms with Crippen LogP contribution < -0.4 is 4.74 Å². The molecule has 0 heterocycles. The quantitative estimate of drug-likeness (QED) is 0.672. The normalized spacial score (nSPS) is 10.6. The van der Waals surface area contributed by atoms with Gasteiger partial charge in [0.05, 0.1) is 7.11 Å². The minimum absolute atomic E-state index is 0.897. The molecule has 3 rings (SSSR count). The predicted molar refractivity (Wildman–Crippen MR) is 78.6 cm³/mol. The van der Waals surface area contributed by atoms with Crippen molar-refractivity contribution in [1.29, 1.82) is 0 Å². The van der Waals surface area contributed by atoms with Crippen molar-refractivity contribution in [1.82, 2.24) is 0 Å². The van der Waals surface area contributed by atoms with E-state index >= 15 is 0 Å². The van der Waals surface area contributed by atoms with E-state index in [4.69, 9.17) is 4.74 Å². The topological polar surface area (TPSA) is 9.23 Å². The highest BCUT2D eigenvalue weighted by atomic mass is 16.5. The van der Waals surface area contributed by atoms with E-state index in [9.17, 15) is 0 Å². The van der Waals surface area contributed by atoms with E-state index < -0.39 is 0 Å². The van der Waals surface area contributed by atoms with Gasteiger partial charge in [-0.2, -0.15) is 0 Å². The zero-order valence-corrected chi connectivity index (χ0v) is 10.9. The molecule has 0 aliphatic carbocycles. The molecule has 0 fully saturated rings. The molecule has 93 valence electrons. The molecule has 1 nitrogen and oxygen atoms in total. The highest BCUT2D eigenvalue weighted by Gasteiger charge is 2.02. The summed E-state index contributed by atoms with van der Waals surface area (Å²) in [5.74, 6) is 0.897. The molecule has 0 amide bonds. The fourth-order valence-electron chi connectivity index (χ4n) is 2.33. The monoisotopic (exact) mass is 247 g/mol. The lowest BCUT2D eigenvalue weighted by atomic mass is 9.98. The van der Waals surface area contributed by atoms with Gasteiger partial charge < -0.3 is 4.74 Å². The molecule has 0 aliphatic heterocycles. The van der Waals surface area contributed by atoms with Crippen LogP contribution in [0.15, 0.2) is 60.7 Å². The molecule has 19 heavy (non-hydrogen) atoms. The van der Waals surface area contributed by atoms with Crippen LogP contribution in [0.3, 0.4) is 0 Å². The Morgan fingerprint density at radius 3 is 2.53 bits per heavy atom. The molecule has 0 saturated carbocycles. The van der Waals surface area contributed by atoms with E-state index in [1.54, 1.807) is 7.11 Å². The molecule has 0 atom stereocenters. The van der Waals surface area contributed by atoms with Gasteiger partial charge in [0.2, 0.25) is 0 Å². The van der Waals surface area contributed by atoms with Crippen molar-refractivity contribution < 1.29 is 4.74 Å². The summed E-state index contributed by atoms with van der Waals surface area (Å²) in [6.45, 7) is 0. The molecule has 0 unspecified atom stereocenters. The van der Waals surface area contributed by atoms with Crippen LogP contribution in [0, 0.1) is 6.07 Å². The van der Waals surface area contributed by atoms with Crippen LogP contribution >= 0.6 is 0 Å². The lowest BCUT2D eigenvalue weighted by Gasteiger charge is -2.07. The van der Waals surface area contributed by atoms with Crippen LogP contribution in [0.5, 0.6) is 5.75 Å². The summed E-state index contributed by atoms with van der Waals surface area (Å²) < 4.78 is 5.18. The fourth-order valence-corrected chi connectivity index (χ4v) is 2.33. The first-order valence-corrected chi connectivity index (χ1v) is 6.38. The molecule has 0 N–H and O–H groups in total. The van der Waals surface area contributed by atoms with E-state index in [2.05, 4.69) is 42.5 Å². The van der Waals surface area contributed by atoms with Crippen molar-refractivity contribution in [3.8, 4) is 5.75 Å². The Balaban J connectivity index is 1.96. The average molecular weight is 247 g/mol. The van der Waals surface area contributed by atoms with E-state index in [-0.39, 0.29) is 0 Å². The van der Waals surface area contributed by atoms with Gasteiger partial charge in [0.1, 0.15) is 5.75 Å². The summed E-state index contributed by atoms with van der Waals surface area (Å²) in [5.41, 5.74) is 2.59. The molecule has 0 spiro atoms. The van der Waals surface area contributed by atoms with Gasteiger partial charge in [0.25, 0.3) is 0 Å². The van der Waals surface area contributed by atoms with E-state index in [0.717, 1.165) is 12.2 Å². The Morgan fingerprint density at radius 1 is 0.947 bits per heavy atom. The van der Waals surface area contributed by atoms with Gasteiger partial charge in [-0.15, -0.1) is 0 Å². The zero-order valence-electron chi connectivity index (χ0n) is 10.9. The van der Waals surface area contributed by atoms with E-state index in [0.29, 0.717) is 0 Å². The first-order valence-electron chi connectivity index (χ1n) is 6.38. The molecular formula is C18H15O. The van der Waals surface area contributed by atoms with Crippen LogP contribution in [0.4, 0.5) is 0 Å². The fraction of sp³-hybridized carbons (Fsp3) is 0.111. The second-order valence-corrected chi connectivity index (χ2v) is 4.58. The second-order valence-electron chi connectivity index (χ2n) is 4.58. The maximum absolute atomic E-state index is 5.18. The predicted octanol–water partition coefficient (Wildman–Crippen LogP) is 4.24.